The zero-order chi connectivity index (χ0) is 28.5. The van der Waals surface area contributed by atoms with Crippen LogP contribution in [0.25, 0.3) is 11.1 Å². The molecule has 8 nitrogen and oxygen atoms in total. The van der Waals surface area contributed by atoms with Gasteiger partial charge < -0.3 is 20.1 Å². The zero-order valence-corrected chi connectivity index (χ0v) is 23.9. The normalized spacial score (nSPS) is 11.5. The average Bonchev–Trinajstić information content (AvgIpc) is 3.30. The molecule has 1 atom stereocenters. The van der Waals surface area contributed by atoms with Gasteiger partial charge in [0.2, 0.25) is 0 Å². The van der Waals surface area contributed by atoms with Gasteiger partial charge in [0, 0.05) is 32.1 Å². The van der Waals surface area contributed by atoms with Crippen molar-refractivity contribution in [1.82, 2.24) is 5.32 Å². The number of rotatable bonds is 11. The van der Waals surface area contributed by atoms with Crippen LogP contribution in [0, 0.1) is 5.92 Å². The zero-order valence-electron chi connectivity index (χ0n) is 21.6. The van der Waals surface area contributed by atoms with E-state index in [1.165, 1.54) is 0 Å². The van der Waals surface area contributed by atoms with Crippen molar-refractivity contribution in [2.24, 2.45) is 5.92 Å². The Labute approximate surface area is 240 Å². The maximum absolute atomic E-state index is 12.8. The number of benzene rings is 2. The number of halogens is 2. The minimum absolute atomic E-state index is 0.0587. The molecule has 2 N–H and O–H groups in total. The topological polar surface area (TPSA) is 111 Å². The summed E-state index contributed by atoms with van der Waals surface area (Å²) in [5.74, 6) is -2.45. The molecule has 206 valence electrons. The number of carbonyl (C=O) groups is 4. The summed E-state index contributed by atoms with van der Waals surface area (Å²) in [6.45, 7) is 4.99. The third-order valence-corrected chi connectivity index (χ3v) is 6.91. The van der Waals surface area contributed by atoms with Crippen molar-refractivity contribution in [1.29, 1.82) is 0 Å². The highest BCUT2D eigenvalue weighted by atomic mass is 35.5. The number of hydrogen-bond acceptors (Lipinski definition) is 7. The van der Waals surface area contributed by atoms with Crippen molar-refractivity contribution < 1.29 is 28.7 Å². The number of anilines is 1. The van der Waals surface area contributed by atoms with Gasteiger partial charge in [0.25, 0.3) is 11.8 Å². The molecule has 2 amide bonds. The second-order valence-electron chi connectivity index (χ2n) is 8.87. The number of thiophene rings is 1. The Morgan fingerprint density at radius 1 is 0.949 bits per heavy atom. The number of hydrogen-bond donors (Lipinski definition) is 2. The lowest BCUT2D eigenvalue weighted by molar-refractivity contribution is -0.149. The molecule has 0 aliphatic rings. The Bertz CT molecular complexity index is 1340. The van der Waals surface area contributed by atoms with Crippen LogP contribution in [0.5, 0.6) is 0 Å². The lowest BCUT2D eigenvalue weighted by atomic mass is 10.0. The molecule has 0 radical (unpaired) electrons. The minimum Gasteiger partial charge on any atom is -0.462 e. The van der Waals surface area contributed by atoms with Gasteiger partial charge >= 0.3 is 11.9 Å². The third-order valence-electron chi connectivity index (χ3n) is 5.44. The van der Waals surface area contributed by atoms with E-state index in [0.29, 0.717) is 33.2 Å². The molecule has 3 aromatic rings. The van der Waals surface area contributed by atoms with Crippen LogP contribution < -0.4 is 10.6 Å². The van der Waals surface area contributed by atoms with Crippen molar-refractivity contribution >= 4 is 63.3 Å². The molecule has 1 aromatic heterocycles. The molecule has 0 bridgehead atoms. The summed E-state index contributed by atoms with van der Waals surface area (Å²) in [6.07, 6.45) is 0.304. The molecule has 0 spiro atoms. The number of ether oxygens (including phenoxy) is 2. The smallest absolute Gasteiger partial charge is 0.341 e. The fourth-order valence-electron chi connectivity index (χ4n) is 3.66. The van der Waals surface area contributed by atoms with Crippen molar-refractivity contribution in [3.63, 3.8) is 0 Å². The number of amides is 2. The Kier molecular flexibility index (Phi) is 10.9. The van der Waals surface area contributed by atoms with E-state index in [-0.39, 0.29) is 23.1 Å². The van der Waals surface area contributed by atoms with Crippen LogP contribution in [-0.2, 0) is 19.1 Å². The van der Waals surface area contributed by atoms with E-state index in [9.17, 15) is 19.2 Å². The van der Waals surface area contributed by atoms with Crippen LogP contribution in [0.15, 0.2) is 53.9 Å². The summed E-state index contributed by atoms with van der Waals surface area (Å²) >= 11 is 13.3. The Morgan fingerprint density at radius 3 is 2.28 bits per heavy atom. The number of nitrogens with one attached hydrogen (secondary N) is 2. The van der Waals surface area contributed by atoms with E-state index in [2.05, 4.69) is 10.6 Å². The first kappa shape index (κ1) is 30.1. The van der Waals surface area contributed by atoms with Gasteiger partial charge in [-0.2, -0.15) is 0 Å². The molecular formula is C28H28Cl2N2O6S. The second-order valence-corrected chi connectivity index (χ2v) is 10.6. The predicted molar refractivity (Wildman–Crippen MR) is 152 cm³/mol. The summed E-state index contributed by atoms with van der Waals surface area (Å²) in [5, 5.41) is 8.13. The molecule has 1 heterocycles. The third kappa shape index (κ3) is 8.29. The molecule has 39 heavy (non-hydrogen) atoms. The maximum atomic E-state index is 12.8. The van der Waals surface area contributed by atoms with E-state index in [0.717, 1.165) is 11.3 Å². The van der Waals surface area contributed by atoms with E-state index in [1.807, 2.05) is 13.8 Å². The van der Waals surface area contributed by atoms with Gasteiger partial charge in [-0.3, -0.25) is 9.59 Å². The summed E-state index contributed by atoms with van der Waals surface area (Å²) in [5.41, 5.74) is 1.61. The standard InChI is InChI=1S/C28H28Cl2N2O6S/c1-4-37-28(36)24-20(19-7-5-6-8-21(19)30)15-39-26(24)32-23(33)14-38-27(35)22(13-16(2)3)31-25(34)17-9-11-18(29)12-10-17/h5-12,15-16,22H,4,13-14H2,1-3H3,(H,31,34)(H,32,33)/t22-/m1/s1. The van der Waals surface area contributed by atoms with Crippen LogP contribution in [0.1, 0.15) is 47.9 Å². The van der Waals surface area contributed by atoms with Gasteiger partial charge in [-0.1, -0.05) is 55.2 Å². The summed E-state index contributed by atoms with van der Waals surface area (Å²) < 4.78 is 10.4. The maximum Gasteiger partial charge on any atom is 0.341 e. The Balaban J connectivity index is 1.70. The first-order valence-electron chi connectivity index (χ1n) is 12.2. The second kappa shape index (κ2) is 14.1. The summed E-state index contributed by atoms with van der Waals surface area (Å²) in [4.78, 5) is 50.9. The fourth-order valence-corrected chi connectivity index (χ4v) is 4.99. The highest BCUT2D eigenvalue weighted by Gasteiger charge is 2.27. The quantitative estimate of drug-likeness (QED) is 0.256. The minimum atomic E-state index is -0.968. The molecule has 0 unspecified atom stereocenters. The van der Waals surface area contributed by atoms with Crippen molar-refractivity contribution in [2.75, 3.05) is 18.5 Å². The Morgan fingerprint density at radius 2 is 1.64 bits per heavy atom. The van der Waals surface area contributed by atoms with Crippen LogP contribution in [-0.4, -0.2) is 43.0 Å². The van der Waals surface area contributed by atoms with Crippen molar-refractivity contribution in [2.45, 2.75) is 33.2 Å². The van der Waals surface area contributed by atoms with Crippen LogP contribution in [0.4, 0.5) is 5.00 Å². The Hall–Kier alpha value is -3.40. The number of esters is 2. The van der Waals surface area contributed by atoms with E-state index >= 15 is 0 Å². The first-order valence-corrected chi connectivity index (χ1v) is 13.8. The molecule has 0 saturated carbocycles. The SMILES string of the molecule is CCOC(=O)c1c(-c2ccccc2Cl)csc1NC(=O)COC(=O)[C@@H](CC(C)C)NC(=O)c1ccc(Cl)cc1. The highest BCUT2D eigenvalue weighted by Crippen LogP contribution is 2.39. The largest absolute Gasteiger partial charge is 0.462 e. The molecular weight excluding hydrogens is 563 g/mol. The molecule has 0 fully saturated rings. The van der Waals surface area contributed by atoms with Crippen LogP contribution >= 0.6 is 34.5 Å². The van der Waals surface area contributed by atoms with Gasteiger partial charge in [-0.05, 0) is 49.6 Å². The summed E-state index contributed by atoms with van der Waals surface area (Å²) in [6, 6.07) is 12.3. The van der Waals surface area contributed by atoms with E-state index < -0.39 is 36.4 Å². The molecule has 0 aliphatic heterocycles. The van der Waals surface area contributed by atoms with Gasteiger partial charge in [0.05, 0.1) is 6.61 Å². The molecule has 2 aromatic carbocycles. The van der Waals surface area contributed by atoms with Gasteiger partial charge in [0.1, 0.15) is 16.6 Å². The van der Waals surface area contributed by atoms with Gasteiger partial charge in [-0.15, -0.1) is 11.3 Å². The summed E-state index contributed by atoms with van der Waals surface area (Å²) in [7, 11) is 0. The molecule has 0 aliphatic carbocycles. The molecule has 11 heteroatoms. The van der Waals surface area contributed by atoms with E-state index in [4.69, 9.17) is 32.7 Å². The molecule has 3 rings (SSSR count). The first-order chi connectivity index (χ1) is 18.6. The van der Waals surface area contributed by atoms with Crippen molar-refractivity contribution in [3.05, 3.63) is 75.1 Å². The van der Waals surface area contributed by atoms with Gasteiger partial charge in [0.15, 0.2) is 6.61 Å². The fraction of sp³-hybridized carbons (Fsp3) is 0.286. The van der Waals surface area contributed by atoms with Crippen molar-refractivity contribution in [3.8, 4) is 11.1 Å². The van der Waals surface area contributed by atoms with Crippen LogP contribution in [0.2, 0.25) is 10.0 Å². The monoisotopic (exact) mass is 590 g/mol. The van der Waals surface area contributed by atoms with E-state index in [1.54, 1.807) is 60.8 Å². The molecule has 0 saturated heterocycles. The lowest BCUT2D eigenvalue weighted by Gasteiger charge is -2.19. The lowest BCUT2D eigenvalue weighted by Crippen LogP contribution is -2.43. The predicted octanol–water partition coefficient (Wildman–Crippen LogP) is 6.23. The van der Waals surface area contributed by atoms with Gasteiger partial charge in [-0.25, -0.2) is 9.59 Å². The number of carbonyl (C=O) groups excluding carboxylic acids is 4. The highest BCUT2D eigenvalue weighted by molar-refractivity contribution is 7.15. The average molecular weight is 592 g/mol. The van der Waals surface area contributed by atoms with Crippen LogP contribution in [0.3, 0.4) is 0 Å².